The van der Waals surface area contributed by atoms with Crippen LogP contribution in [0.25, 0.3) is 0 Å². The van der Waals surface area contributed by atoms with Gasteiger partial charge in [0.15, 0.2) is 0 Å². The number of carbonyl (C=O) groups is 1. The van der Waals surface area contributed by atoms with Gasteiger partial charge in [-0.05, 0) is 30.1 Å². The molecular weight excluding hydrogens is 226 g/mol. The van der Waals surface area contributed by atoms with Crippen molar-refractivity contribution in [3.63, 3.8) is 0 Å². The molecule has 0 amide bonds. The normalized spacial score (nSPS) is 22.1. The van der Waals surface area contributed by atoms with E-state index in [2.05, 4.69) is 33.1 Å². The molecule has 0 aromatic rings. The lowest BCUT2D eigenvalue weighted by molar-refractivity contribution is -0.124. The lowest BCUT2D eigenvalue weighted by Gasteiger charge is -2.24. The van der Waals surface area contributed by atoms with E-state index in [0.29, 0.717) is 16.7 Å². The Morgan fingerprint density at radius 2 is 1.67 bits per heavy atom. The SMILES string of the molecule is CC.CNN(N)C(CC1C(C)(C)C1(C)C)C(C)=O. The van der Waals surface area contributed by atoms with Crippen LogP contribution in [0.2, 0.25) is 0 Å². The molecule has 0 aromatic carbocycles. The van der Waals surface area contributed by atoms with Crippen molar-refractivity contribution in [1.82, 2.24) is 10.5 Å². The van der Waals surface area contributed by atoms with E-state index >= 15 is 0 Å². The van der Waals surface area contributed by atoms with E-state index in [-0.39, 0.29) is 11.8 Å². The summed E-state index contributed by atoms with van der Waals surface area (Å²) in [5, 5.41) is 1.42. The molecule has 1 fully saturated rings. The second kappa shape index (κ2) is 6.13. The van der Waals surface area contributed by atoms with Gasteiger partial charge in [-0.25, -0.2) is 5.43 Å². The van der Waals surface area contributed by atoms with Gasteiger partial charge in [0.1, 0.15) is 5.78 Å². The zero-order valence-electron chi connectivity index (χ0n) is 13.3. The summed E-state index contributed by atoms with van der Waals surface area (Å²) in [7, 11) is 1.74. The number of hydrazine groups is 2. The minimum Gasteiger partial charge on any atom is -0.298 e. The van der Waals surface area contributed by atoms with Crippen molar-refractivity contribution >= 4 is 5.78 Å². The summed E-state index contributed by atoms with van der Waals surface area (Å²) >= 11 is 0. The summed E-state index contributed by atoms with van der Waals surface area (Å²) in [6.07, 6.45) is 0.826. The van der Waals surface area contributed by atoms with Crippen molar-refractivity contribution in [1.29, 1.82) is 0 Å². The fraction of sp³-hybridized carbons (Fsp3) is 0.929. The second-order valence-corrected chi connectivity index (χ2v) is 5.99. The molecule has 1 saturated carbocycles. The molecule has 1 atom stereocenters. The van der Waals surface area contributed by atoms with Gasteiger partial charge in [0.2, 0.25) is 0 Å². The largest absolute Gasteiger partial charge is 0.298 e. The molecule has 0 bridgehead atoms. The number of hydrogen-bond acceptors (Lipinski definition) is 4. The number of nitrogens with one attached hydrogen (secondary N) is 1. The van der Waals surface area contributed by atoms with Gasteiger partial charge < -0.3 is 0 Å². The number of nitrogens with zero attached hydrogens (tertiary/aromatic N) is 1. The quantitative estimate of drug-likeness (QED) is 0.586. The fourth-order valence-electron chi connectivity index (χ4n) is 2.78. The maximum atomic E-state index is 11.6. The van der Waals surface area contributed by atoms with Crippen molar-refractivity contribution in [2.24, 2.45) is 22.6 Å². The molecule has 1 aliphatic rings. The Kier molecular flexibility index (Phi) is 5.98. The van der Waals surface area contributed by atoms with Crippen molar-refractivity contribution in [3.05, 3.63) is 0 Å². The number of rotatable bonds is 5. The Hall–Kier alpha value is -0.450. The van der Waals surface area contributed by atoms with E-state index in [1.54, 1.807) is 14.0 Å². The number of nitrogens with two attached hydrogens (primary N) is 1. The predicted molar refractivity (Wildman–Crippen MR) is 76.6 cm³/mol. The fourth-order valence-corrected chi connectivity index (χ4v) is 2.78. The van der Waals surface area contributed by atoms with E-state index < -0.39 is 0 Å². The first-order valence-corrected chi connectivity index (χ1v) is 6.88. The van der Waals surface area contributed by atoms with Gasteiger partial charge in [-0.1, -0.05) is 41.5 Å². The van der Waals surface area contributed by atoms with E-state index in [1.165, 1.54) is 5.12 Å². The van der Waals surface area contributed by atoms with Crippen LogP contribution in [0.1, 0.15) is 54.9 Å². The molecule has 1 unspecified atom stereocenters. The van der Waals surface area contributed by atoms with Crippen LogP contribution >= 0.6 is 0 Å². The maximum Gasteiger partial charge on any atom is 0.149 e. The Bertz CT molecular complexity index is 273. The molecule has 0 heterocycles. The van der Waals surface area contributed by atoms with Crippen LogP contribution in [-0.2, 0) is 4.79 Å². The second-order valence-electron chi connectivity index (χ2n) is 5.99. The summed E-state index contributed by atoms with van der Waals surface area (Å²) in [6, 6.07) is -0.226. The van der Waals surface area contributed by atoms with Crippen LogP contribution < -0.4 is 11.3 Å². The van der Waals surface area contributed by atoms with E-state index in [1.807, 2.05) is 13.8 Å². The molecule has 0 saturated heterocycles. The molecule has 1 rings (SSSR count). The molecular formula is C14H31N3O. The highest BCUT2D eigenvalue weighted by Gasteiger charge is 2.64. The summed E-state index contributed by atoms with van der Waals surface area (Å²) in [4.78, 5) is 11.6. The van der Waals surface area contributed by atoms with Crippen molar-refractivity contribution in [3.8, 4) is 0 Å². The van der Waals surface area contributed by atoms with Gasteiger partial charge in [0.25, 0.3) is 0 Å². The standard InChI is InChI=1S/C12H25N3O.C2H6/c1-8(16)9(15(13)14-6)7-10-11(2,3)12(10,4)5;1-2/h9-10,14H,7,13H2,1-6H3;1-2H3. The smallest absolute Gasteiger partial charge is 0.149 e. The van der Waals surface area contributed by atoms with Crippen LogP contribution in [-0.4, -0.2) is 24.0 Å². The molecule has 0 aromatic heterocycles. The summed E-state index contributed by atoms with van der Waals surface area (Å²) < 4.78 is 0. The summed E-state index contributed by atoms with van der Waals surface area (Å²) in [5.41, 5.74) is 3.43. The number of hydrogen-bond donors (Lipinski definition) is 2. The zero-order chi connectivity index (χ0) is 14.7. The van der Waals surface area contributed by atoms with Crippen molar-refractivity contribution in [2.75, 3.05) is 7.05 Å². The van der Waals surface area contributed by atoms with Crippen LogP contribution in [0.3, 0.4) is 0 Å². The molecule has 4 nitrogen and oxygen atoms in total. The highest BCUT2D eigenvalue weighted by Crippen LogP contribution is 2.70. The van der Waals surface area contributed by atoms with Gasteiger partial charge in [-0.15, -0.1) is 0 Å². The van der Waals surface area contributed by atoms with E-state index in [4.69, 9.17) is 5.84 Å². The Balaban J connectivity index is 0.00000137. The first-order valence-electron chi connectivity index (χ1n) is 6.88. The number of ketones is 1. The average molecular weight is 257 g/mol. The maximum absolute atomic E-state index is 11.6. The van der Waals surface area contributed by atoms with Crippen molar-refractivity contribution < 1.29 is 4.79 Å². The Labute approximate surface area is 112 Å². The third-order valence-electron chi connectivity index (χ3n) is 4.84. The highest BCUT2D eigenvalue weighted by molar-refractivity contribution is 5.81. The molecule has 0 radical (unpaired) electrons. The third-order valence-corrected chi connectivity index (χ3v) is 4.84. The van der Waals surface area contributed by atoms with Crippen LogP contribution in [0.4, 0.5) is 0 Å². The Morgan fingerprint density at radius 1 is 1.28 bits per heavy atom. The molecule has 3 N–H and O–H groups in total. The van der Waals surface area contributed by atoms with Gasteiger partial charge >= 0.3 is 0 Å². The predicted octanol–water partition coefficient (Wildman–Crippen LogP) is 2.35. The summed E-state index contributed by atoms with van der Waals surface area (Å²) in [6.45, 7) is 14.6. The first-order chi connectivity index (χ1) is 8.16. The minimum atomic E-state index is -0.226. The van der Waals surface area contributed by atoms with Crippen LogP contribution in [0, 0.1) is 16.7 Å². The Morgan fingerprint density at radius 3 is 1.89 bits per heavy atom. The molecule has 0 aliphatic heterocycles. The van der Waals surface area contributed by atoms with Crippen LogP contribution in [0.5, 0.6) is 0 Å². The number of Topliss-reactive ketones (excluding diaryl/α,β-unsaturated/α-hetero) is 1. The van der Waals surface area contributed by atoms with Gasteiger partial charge in [-0.2, -0.15) is 5.12 Å². The van der Waals surface area contributed by atoms with Crippen molar-refractivity contribution in [2.45, 2.75) is 60.9 Å². The van der Waals surface area contributed by atoms with Gasteiger partial charge in [-0.3, -0.25) is 10.6 Å². The number of carbonyl (C=O) groups excluding carboxylic acids is 1. The van der Waals surface area contributed by atoms with E-state index in [9.17, 15) is 4.79 Å². The topological polar surface area (TPSA) is 58.4 Å². The monoisotopic (exact) mass is 257 g/mol. The molecule has 1 aliphatic carbocycles. The highest BCUT2D eigenvalue weighted by atomic mass is 16.1. The average Bonchev–Trinajstić information content (AvgIpc) is 2.68. The lowest BCUT2D eigenvalue weighted by atomic mass is 10.0. The van der Waals surface area contributed by atoms with E-state index in [0.717, 1.165) is 6.42 Å². The lowest BCUT2D eigenvalue weighted by Crippen LogP contribution is -2.52. The first kappa shape index (κ1) is 17.6. The third kappa shape index (κ3) is 3.11. The minimum absolute atomic E-state index is 0.121. The summed E-state index contributed by atoms with van der Waals surface area (Å²) in [5.74, 6) is 6.44. The molecule has 108 valence electrons. The van der Waals surface area contributed by atoms with Crippen LogP contribution in [0.15, 0.2) is 0 Å². The molecule has 18 heavy (non-hydrogen) atoms. The van der Waals surface area contributed by atoms with Gasteiger partial charge in [0.05, 0.1) is 6.04 Å². The van der Waals surface area contributed by atoms with Gasteiger partial charge in [0, 0.05) is 7.05 Å². The molecule has 0 spiro atoms. The molecule has 4 heteroatoms. The zero-order valence-corrected chi connectivity index (χ0v) is 13.3.